The Hall–Kier alpha value is -4.26. The normalized spacial score (nSPS) is 11.8. The van der Waals surface area contributed by atoms with Crippen LogP contribution in [0.1, 0.15) is 5.76 Å². The number of hydrogen-bond acceptors (Lipinski definition) is 6. The number of pyridine rings is 2. The number of H-pyrrole nitrogens is 1. The first-order chi connectivity index (χ1) is 14.8. The number of aryl methyl sites for hydroxylation is 1. The standard InChI is InChI=1S/C23H16N6O/c1-13-18(19(29-30-13)14-6-3-2-4-7-14)23-27-20-15-9-11-24-12-17(15)26-22-16(21(20)28-23)8-5-10-25-22/h2-12H,1H3,(H,25,26)(H,27,28). The smallest absolute Gasteiger partial charge is 0.145 e. The van der Waals surface area contributed by atoms with Crippen molar-refractivity contribution in [2.75, 3.05) is 5.32 Å². The van der Waals surface area contributed by atoms with E-state index in [1.165, 1.54) is 0 Å². The molecule has 0 radical (unpaired) electrons. The highest BCUT2D eigenvalue weighted by atomic mass is 16.5. The second-order valence-electron chi connectivity index (χ2n) is 7.08. The maximum atomic E-state index is 5.56. The van der Waals surface area contributed by atoms with Gasteiger partial charge < -0.3 is 14.8 Å². The maximum Gasteiger partial charge on any atom is 0.145 e. The number of aromatic nitrogens is 5. The molecule has 0 bridgehead atoms. The largest absolute Gasteiger partial charge is 0.360 e. The molecule has 2 N–H and O–H groups in total. The number of anilines is 2. The Morgan fingerprint density at radius 2 is 1.80 bits per heavy atom. The molecule has 30 heavy (non-hydrogen) atoms. The lowest BCUT2D eigenvalue weighted by molar-refractivity contribution is 0.400. The van der Waals surface area contributed by atoms with Crippen LogP contribution < -0.4 is 5.32 Å². The van der Waals surface area contributed by atoms with Gasteiger partial charge in [-0.15, -0.1) is 0 Å². The van der Waals surface area contributed by atoms with Crippen LogP contribution in [0.2, 0.25) is 0 Å². The van der Waals surface area contributed by atoms with Crippen LogP contribution in [-0.2, 0) is 0 Å². The fourth-order valence-corrected chi connectivity index (χ4v) is 3.86. The van der Waals surface area contributed by atoms with Gasteiger partial charge in [-0.3, -0.25) is 4.98 Å². The summed E-state index contributed by atoms with van der Waals surface area (Å²) in [5.41, 5.74) is 7.08. The van der Waals surface area contributed by atoms with E-state index in [2.05, 4.69) is 25.4 Å². The van der Waals surface area contributed by atoms with Gasteiger partial charge in [0, 0.05) is 29.1 Å². The summed E-state index contributed by atoms with van der Waals surface area (Å²) in [6.45, 7) is 1.90. The summed E-state index contributed by atoms with van der Waals surface area (Å²) in [7, 11) is 0. The van der Waals surface area contributed by atoms with Crippen LogP contribution in [0.3, 0.4) is 0 Å². The third-order valence-electron chi connectivity index (χ3n) is 5.26. The zero-order valence-electron chi connectivity index (χ0n) is 16.0. The van der Waals surface area contributed by atoms with Gasteiger partial charge in [-0.25, -0.2) is 9.97 Å². The van der Waals surface area contributed by atoms with E-state index < -0.39 is 0 Å². The topological polar surface area (TPSA) is 92.5 Å². The van der Waals surface area contributed by atoms with E-state index in [1.54, 1.807) is 18.6 Å². The van der Waals surface area contributed by atoms with E-state index in [4.69, 9.17) is 9.51 Å². The molecule has 5 aromatic rings. The van der Waals surface area contributed by atoms with Crippen LogP contribution >= 0.6 is 0 Å². The van der Waals surface area contributed by atoms with E-state index >= 15 is 0 Å². The molecule has 1 aliphatic heterocycles. The van der Waals surface area contributed by atoms with Crippen molar-refractivity contribution in [1.29, 1.82) is 0 Å². The van der Waals surface area contributed by atoms with Crippen molar-refractivity contribution < 1.29 is 4.52 Å². The second-order valence-corrected chi connectivity index (χ2v) is 7.08. The third-order valence-corrected chi connectivity index (χ3v) is 5.26. The van der Waals surface area contributed by atoms with Crippen molar-refractivity contribution in [3.05, 3.63) is 72.9 Å². The van der Waals surface area contributed by atoms with Crippen LogP contribution in [0, 0.1) is 6.92 Å². The van der Waals surface area contributed by atoms with Crippen LogP contribution in [0.4, 0.5) is 11.5 Å². The summed E-state index contributed by atoms with van der Waals surface area (Å²) in [6, 6.07) is 15.9. The average molecular weight is 392 g/mol. The molecule has 7 nitrogen and oxygen atoms in total. The zero-order chi connectivity index (χ0) is 20.1. The Labute approximate surface area is 171 Å². The van der Waals surface area contributed by atoms with Crippen LogP contribution in [0.5, 0.6) is 0 Å². The quantitative estimate of drug-likeness (QED) is 0.420. The van der Waals surface area contributed by atoms with Crippen molar-refractivity contribution in [1.82, 2.24) is 25.1 Å². The molecule has 4 aromatic heterocycles. The SMILES string of the molecule is Cc1onc(-c2ccccc2)c1-c1nc2c([nH]1)-c1ccncc1Nc1ncccc1-2. The predicted octanol–water partition coefficient (Wildman–Crippen LogP) is 5.22. The molecule has 5 heterocycles. The fourth-order valence-electron chi connectivity index (χ4n) is 3.86. The average Bonchev–Trinajstić information content (AvgIpc) is 3.36. The lowest BCUT2D eigenvalue weighted by Crippen LogP contribution is -1.96. The summed E-state index contributed by atoms with van der Waals surface area (Å²) < 4.78 is 5.56. The molecule has 0 atom stereocenters. The molecule has 7 heteroatoms. The Kier molecular flexibility index (Phi) is 3.55. The number of nitrogens with one attached hydrogen (secondary N) is 2. The van der Waals surface area contributed by atoms with Crippen molar-refractivity contribution in [3.8, 4) is 45.2 Å². The molecule has 0 spiro atoms. The predicted molar refractivity (Wildman–Crippen MR) is 114 cm³/mol. The number of benzene rings is 1. The number of hydrogen-bond donors (Lipinski definition) is 2. The van der Waals surface area contributed by atoms with Crippen molar-refractivity contribution in [2.45, 2.75) is 6.92 Å². The van der Waals surface area contributed by atoms with Gasteiger partial charge in [0.1, 0.15) is 28.8 Å². The fraction of sp³-hybridized carbons (Fsp3) is 0.0435. The molecule has 1 aliphatic rings. The number of nitrogens with zero attached hydrogens (tertiary/aromatic N) is 4. The minimum atomic E-state index is 0.706. The van der Waals surface area contributed by atoms with Gasteiger partial charge in [0.05, 0.1) is 23.1 Å². The number of aromatic amines is 1. The summed E-state index contributed by atoms with van der Waals surface area (Å²) in [5, 5.41) is 7.68. The van der Waals surface area contributed by atoms with E-state index in [0.717, 1.165) is 50.8 Å². The molecule has 6 rings (SSSR count). The first kappa shape index (κ1) is 16.7. The Balaban J connectivity index is 1.62. The molecule has 0 amide bonds. The zero-order valence-corrected chi connectivity index (χ0v) is 16.0. The first-order valence-electron chi connectivity index (χ1n) is 9.58. The van der Waals surface area contributed by atoms with Gasteiger partial charge in [-0.2, -0.15) is 0 Å². The highest BCUT2D eigenvalue weighted by Gasteiger charge is 2.27. The van der Waals surface area contributed by atoms with Crippen LogP contribution in [-0.4, -0.2) is 25.1 Å². The van der Waals surface area contributed by atoms with Gasteiger partial charge in [0.15, 0.2) is 0 Å². The molecule has 0 unspecified atom stereocenters. The van der Waals surface area contributed by atoms with Crippen molar-refractivity contribution in [2.24, 2.45) is 0 Å². The summed E-state index contributed by atoms with van der Waals surface area (Å²) >= 11 is 0. The van der Waals surface area contributed by atoms with Gasteiger partial charge >= 0.3 is 0 Å². The number of imidazole rings is 1. The highest BCUT2D eigenvalue weighted by molar-refractivity contribution is 5.95. The highest BCUT2D eigenvalue weighted by Crippen LogP contribution is 2.44. The summed E-state index contributed by atoms with van der Waals surface area (Å²) in [6.07, 6.45) is 5.33. The number of fused-ring (bicyclic) bond motifs is 5. The van der Waals surface area contributed by atoms with Gasteiger partial charge in [0.25, 0.3) is 0 Å². The molecule has 144 valence electrons. The lowest BCUT2D eigenvalue weighted by Gasteiger charge is -2.07. The van der Waals surface area contributed by atoms with E-state index in [1.807, 2.05) is 55.5 Å². The Bertz CT molecular complexity index is 1320. The third kappa shape index (κ3) is 2.45. The first-order valence-corrected chi connectivity index (χ1v) is 9.58. The molecular formula is C23H16N6O. The monoisotopic (exact) mass is 392 g/mol. The molecular weight excluding hydrogens is 376 g/mol. The molecule has 0 aliphatic carbocycles. The Morgan fingerprint density at radius 1 is 0.900 bits per heavy atom. The number of rotatable bonds is 2. The van der Waals surface area contributed by atoms with Crippen molar-refractivity contribution in [3.63, 3.8) is 0 Å². The van der Waals surface area contributed by atoms with E-state index in [-0.39, 0.29) is 0 Å². The Morgan fingerprint density at radius 3 is 2.70 bits per heavy atom. The van der Waals surface area contributed by atoms with Crippen molar-refractivity contribution >= 4 is 11.5 Å². The van der Waals surface area contributed by atoms with E-state index in [9.17, 15) is 0 Å². The van der Waals surface area contributed by atoms with E-state index in [0.29, 0.717) is 11.6 Å². The minimum Gasteiger partial charge on any atom is -0.360 e. The molecule has 0 saturated carbocycles. The molecule has 0 fully saturated rings. The summed E-state index contributed by atoms with van der Waals surface area (Å²) in [5.74, 6) is 2.16. The van der Waals surface area contributed by atoms with Gasteiger partial charge in [0.2, 0.25) is 0 Å². The second kappa shape index (κ2) is 6.38. The summed E-state index contributed by atoms with van der Waals surface area (Å²) in [4.78, 5) is 17.3. The van der Waals surface area contributed by atoms with Crippen LogP contribution in [0.15, 0.2) is 71.6 Å². The molecule has 1 aromatic carbocycles. The van der Waals surface area contributed by atoms with Gasteiger partial charge in [-0.05, 0) is 25.1 Å². The maximum absolute atomic E-state index is 5.56. The van der Waals surface area contributed by atoms with Gasteiger partial charge in [-0.1, -0.05) is 35.5 Å². The minimum absolute atomic E-state index is 0.706. The lowest BCUT2D eigenvalue weighted by atomic mass is 10.1. The molecule has 0 saturated heterocycles. The van der Waals surface area contributed by atoms with Crippen LogP contribution in [0.25, 0.3) is 45.2 Å².